The predicted molar refractivity (Wildman–Crippen MR) is 45.8 cm³/mol. The van der Waals surface area contributed by atoms with Crippen molar-refractivity contribution in [3.8, 4) is 6.07 Å². The van der Waals surface area contributed by atoms with Crippen LogP contribution in [0.25, 0.3) is 0 Å². The molecule has 0 heterocycles. The fourth-order valence-corrected chi connectivity index (χ4v) is 1.90. The molecular weight excluding hydrogens is 194 g/mol. The van der Waals surface area contributed by atoms with E-state index in [1.807, 2.05) is 6.07 Å². The number of hydrogen-bond acceptors (Lipinski definition) is 5. The molecule has 0 aromatic carbocycles. The molecule has 6 nitrogen and oxygen atoms in total. The summed E-state index contributed by atoms with van der Waals surface area (Å²) in [5.41, 5.74) is 1.73. The van der Waals surface area contributed by atoms with Crippen LogP contribution < -0.4 is 11.3 Å². The molecule has 0 rings (SSSR count). The van der Waals surface area contributed by atoms with Gasteiger partial charge in [0, 0.05) is 6.42 Å². The number of carbonyl (C=O) groups is 1. The first-order chi connectivity index (χ1) is 6.02. The number of unbranched alkanes of at least 4 members (excludes halogenated alkanes) is 1. The maximum absolute atomic E-state index is 11.0. The SMILES string of the molecule is N#CCCCS(=O)(=O)CC(=O)NN. The third-order valence-corrected chi connectivity index (χ3v) is 2.87. The highest BCUT2D eigenvalue weighted by atomic mass is 32.2. The molecule has 0 aliphatic carbocycles. The van der Waals surface area contributed by atoms with Gasteiger partial charge in [-0.2, -0.15) is 5.26 Å². The molecule has 0 spiro atoms. The number of nitrogens with zero attached hydrogens (tertiary/aromatic N) is 1. The highest BCUT2D eigenvalue weighted by Gasteiger charge is 2.14. The molecule has 0 aliphatic rings. The van der Waals surface area contributed by atoms with Gasteiger partial charge in [0.25, 0.3) is 0 Å². The summed E-state index contributed by atoms with van der Waals surface area (Å²) in [7, 11) is -3.41. The van der Waals surface area contributed by atoms with Crippen molar-refractivity contribution in [1.82, 2.24) is 5.43 Å². The molecule has 0 atom stereocenters. The molecule has 0 saturated carbocycles. The molecule has 0 saturated heterocycles. The van der Waals surface area contributed by atoms with Crippen molar-refractivity contribution in [2.75, 3.05) is 11.5 Å². The van der Waals surface area contributed by atoms with Crippen LogP contribution in [0.5, 0.6) is 0 Å². The summed E-state index contributed by atoms with van der Waals surface area (Å²) in [5, 5.41) is 8.15. The summed E-state index contributed by atoms with van der Waals surface area (Å²) < 4.78 is 22.1. The molecule has 0 unspecified atom stereocenters. The van der Waals surface area contributed by atoms with Gasteiger partial charge in [-0.15, -0.1) is 0 Å². The highest BCUT2D eigenvalue weighted by Crippen LogP contribution is 1.96. The van der Waals surface area contributed by atoms with E-state index in [0.717, 1.165) is 0 Å². The standard InChI is InChI=1S/C6H11N3O3S/c7-3-1-2-4-13(11,12)5-6(10)9-8/h1-2,4-5,8H2,(H,9,10). The quantitative estimate of drug-likeness (QED) is 0.250. The zero-order valence-electron chi connectivity index (χ0n) is 6.99. The third kappa shape index (κ3) is 6.07. The minimum Gasteiger partial charge on any atom is -0.293 e. The van der Waals surface area contributed by atoms with E-state index in [9.17, 15) is 13.2 Å². The summed E-state index contributed by atoms with van der Waals surface area (Å²) >= 11 is 0. The Morgan fingerprint density at radius 1 is 1.54 bits per heavy atom. The van der Waals surface area contributed by atoms with E-state index in [0.29, 0.717) is 0 Å². The van der Waals surface area contributed by atoms with Crippen LogP contribution in [-0.2, 0) is 14.6 Å². The fourth-order valence-electron chi connectivity index (χ4n) is 0.685. The maximum atomic E-state index is 11.0. The van der Waals surface area contributed by atoms with Crippen molar-refractivity contribution in [1.29, 1.82) is 5.26 Å². The lowest BCUT2D eigenvalue weighted by molar-refractivity contribution is -0.118. The minimum atomic E-state index is -3.41. The molecular formula is C6H11N3O3S. The Bertz CT molecular complexity index is 304. The lowest BCUT2D eigenvalue weighted by atomic mass is 10.4. The molecule has 0 bridgehead atoms. The van der Waals surface area contributed by atoms with Crippen molar-refractivity contribution in [3.63, 3.8) is 0 Å². The van der Waals surface area contributed by atoms with E-state index >= 15 is 0 Å². The summed E-state index contributed by atoms with van der Waals surface area (Å²) in [4.78, 5) is 10.6. The largest absolute Gasteiger partial charge is 0.293 e. The van der Waals surface area contributed by atoms with Gasteiger partial charge in [0.1, 0.15) is 5.75 Å². The van der Waals surface area contributed by atoms with Crippen LogP contribution in [0.2, 0.25) is 0 Å². The minimum absolute atomic E-state index is 0.159. The van der Waals surface area contributed by atoms with Crippen molar-refractivity contribution < 1.29 is 13.2 Å². The first kappa shape index (κ1) is 11.9. The Morgan fingerprint density at radius 2 is 2.15 bits per heavy atom. The average molecular weight is 205 g/mol. The zero-order valence-corrected chi connectivity index (χ0v) is 7.80. The number of carbonyl (C=O) groups excluding carboxylic acids is 1. The van der Waals surface area contributed by atoms with Gasteiger partial charge in [0.15, 0.2) is 9.84 Å². The van der Waals surface area contributed by atoms with E-state index in [-0.39, 0.29) is 18.6 Å². The molecule has 0 radical (unpaired) electrons. The zero-order chi connectivity index (χ0) is 10.3. The summed E-state index contributed by atoms with van der Waals surface area (Å²) in [6.07, 6.45) is 0.417. The number of hydrazine groups is 1. The fraction of sp³-hybridized carbons (Fsp3) is 0.667. The first-order valence-electron chi connectivity index (χ1n) is 3.58. The average Bonchev–Trinajstić information content (AvgIpc) is 2.03. The number of rotatable bonds is 5. The molecule has 7 heteroatoms. The normalized spacial score (nSPS) is 10.5. The molecule has 0 fully saturated rings. The lowest BCUT2D eigenvalue weighted by Gasteiger charge is -2.00. The van der Waals surface area contributed by atoms with Crippen LogP contribution in [0.3, 0.4) is 0 Å². The van der Waals surface area contributed by atoms with Gasteiger partial charge < -0.3 is 0 Å². The van der Waals surface area contributed by atoms with Crippen LogP contribution in [-0.4, -0.2) is 25.8 Å². The highest BCUT2D eigenvalue weighted by molar-refractivity contribution is 7.92. The number of hydrogen-bond donors (Lipinski definition) is 2. The molecule has 74 valence electrons. The van der Waals surface area contributed by atoms with Gasteiger partial charge in [-0.25, -0.2) is 14.3 Å². The van der Waals surface area contributed by atoms with Crippen LogP contribution in [0.4, 0.5) is 0 Å². The van der Waals surface area contributed by atoms with Gasteiger partial charge in [-0.3, -0.25) is 10.2 Å². The van der Waals surface area contributed by atoms with Crippen molar-refractivity contribution in [3.05, 3.63) is 0 Å². The maximum Gasteiger partial charge on any atom is 0.249 e. The molecule has 0 aromatic heterocycles. The third-order valence-electron chi connectivity index (χ3n) is 1.26. The van der Waals surface area contributed by atoms with E-state index in [1.165, 1.54) is 0 Å². The van der Waals surface area contributed by atoms with Gasteiger partial charge in [0.05, 0.1) is 11.8 Å². The second-order valence-corrected chi connectivity index (χ2v) is 4.61. The Labute approximate surface area is 76.6 Å². The van der Waals surface area contributed by atoms with Crippen LogP contribution in [0.1, 0.15) is 12.8 Å². The monoisotopic (exact) mass is 205 g/mol. The Kier molecular flexibility index (Phi) is 5.03. The number of nitriles is 1. The van der Waals surface area contributed by atoms with Gasteiger partial charge in [-0.05, 0) is 6.42 Å². The molecule has 3 N–H and O–H groups in total. The number of amides is 1. The predicted octanol–water partition coefficient (Wildman–Crippen LogP) is -1.31. The number of nitrogens with one attached hydrogen (secondary N) is 1. The Balaban J connectivity index is 3.96. The van der Waals surface area contributed by atoms with E-state index in [2.05, 4.69) is 0 Å². The van der Waals surface area contributed by atoms with Crippen LogP contribution in [0.15, 0.2) is 0 Å². The number of sulfone groups is 1. The second kappa shape index (κ2) is 5.50. The summed E-state index contributed by atoms with van der Waals surface area (Å²) in [5.74, 6) is 3.20. The van der Waals surface area contributed by atoms with E-state index in [4.69, 9.17) is 11.1 Å². The van der Waals surface area contributed by atoms with Crippen molar-refractivity contribution >= 4 is 15.7 Å². The van der Waals surface area contributed by atoms with E-state index < -0.39 is 21.5 Å². The smallest absolute Gasteiger partial charge is 0.249 e. The van der Waals surface area contributed by atoms with Gasteiger partial charge in [0.2, 0.25) is 5.91 Å². The molecule has 1 amide bonds. The topological polar surface area (TPSA) is 113 Å². The first-order valence-corrected chi connectivity index (χ1v) is 5.41. The van der Waals surface area contributed by atoms with Crippen LogP contribution >= 0.6 is 0 Å². The molecule has 0 aliphatic heterocycles. The van der Waals surface area contributed by atoms with Gasteiger partial charge in [-0.1, -0.05) is 0 Å². The summed E-state index contributed by atoms with van der Waals surface area (Å²) in [6, 6.07) is 1.82. The summed E-state index contributed by atoms with van der Waals surface area (Å²) in [6.45, 7) is 0. The lowest BCUT2D eigenvalue weighted by Crippen LogP contribution is -2.35. The van der Waals surface area contributed by atoms with Crippen LogP contribution in [0, 0.1) is 11.3 Å². The molecule has 0 aromatic rings. The number of nitrogens with two attached hydrogens (primary N) is 1. The Morgan fingerprint density at radius 3 is 2.62 bits per heavy atom. The second-order valence-electron chi connectivity index (χ2n) is 2.42. The Hall–Kier alpha value is -1.13. The van der Waals surface area contributed by atoms with Crippen molar-refractivity contribution in [2.24, 2.45) is 5.84 Å². The molecule has 13 heavy (non-hydrogen) atoms. The van der Waals surface area contributed by atoms with Crippen molar-refractivity contribution in [2.45, 2.75) is 12.8 Å². The van der Waals surface area contributed by atoms with E-state index in [1.54, 1.807) is 5.43 Å². The van der Waals surface area contributed by atoms with Gasteiger partial charge >= 0.3 is 0 Å².